The quantitative estimate of drug-likeness (QED) is 0.396. The molecule has 5 nitrogen and oxygen atoms in total. The van der Waals surface area contributed by atoms with E-state index < -0.39 is 12.0 Å². The van der Waals surface area contributed by atoms with Crippen molar-refractivity contribution in [3.8, 4) is 5.75 Å². The van der Waals surface area contributed by atoms with Crippen LogP contribution in [0.4, 0.5) is 0 Å². The van der Waals surface area contributed by atoms with Gasteiger partial charge in [0.25, 0.3) is 0 Å². The van der Waals surface area contributed by atoms with Crippen LogP contribution in [-0.4, -0.2) is 24.7 Å². The first kappa shape index (κ1) is 17.1. The van der Waals surface area contributed by atoms with Crippen molar-refractivity contribution in [3.63, 3.8) is 0 Å². The summed E-state index contributed by atoms with van der Waals surface area (Å²) < 4.78 is 10.6. The molecule has 0 aliphatic rings. The Labute approximate surface area is 125 Å². The number of benzene rings is 1. The van der Waals surface area contributed by atoms with Gasteiger partial charge in [0.15, 0.2) is 6.04 Å². The monoisotopic (exact) mass is 293 g/mol. The molecule has 0 heterocycles. The Balaban J connectivity index is 2.21. The zero-order valence-electron chi connectivity index (χ0n) is 12.9. The van der Waals surface area contributed by atoms with Crippen molar-refractivity contribution in [2.45, 2.75) is 52.2 Å². The molecule has 5 heteroatoms. The molecule has 1 aromatic carbocycles. The summed E-state index contributed by atoms with van der Waals surface area (Å²) in [7, 11) is 0. The average Bonchev–Trinajstić information content (AvgIpc) is 2.44. The van der Waals surface area contributed by atoms with Gasteiger partial charge in [0.1, 0.15) is 5.75 Å². The normalized spacial score (nSPS) is 12.0. The maximum absolute atomic E-state index is 11.6. The molecule has 0 N–H and O–H groups in total. The maximum Gasteiger partial charge on any atom is 0.334 e. The Bertz CT molecular complexity index is 442. The van der Waals surface area contributed by atoms with Crippen LogP contribution < -0.4 is 4.74 Å². The molecule has 1 aromatic rings. The molecule has 0 fully saturated rings. The second-order valence-electron chi connectivity index (χ2n) is 5.26. The van der Waals surface area contributed by atoms with E-state index in [0.29, 0.717) is 19.4 Å². The molecule has 0 aliphatic carbocycles. The average molecular weight is 293 g/mol. The fourth-order valence-electron chi connectivity index (χ4n) is 1.79. The van der Waals surface area contributed by atoms with E-state index in [-0.39, 0.29) is 6.10 Å². The molecule has 0 amide bonds. The minimum atomic E-state index is -0.910. The number of rotatable bonds is 9. The smallest absolute Gasteiger partial charge is 0.334 e. The van der Waals surface area contributed by atoms with Gasteiger partial charge in [0, 0.05) is 0 Å². The molecule has 0 aliphatic heterocycles. The van der Waals surface area contributed by atoms with Crippen LogP contribution in [0.15, 0.2) is 29.4 Å². The third-order valence-electron chi connectivity index (χ3n) is 2.91. The lowest BCUT2D eigenvalue weighted by molar-refractivity contribution is -0.149. The van der Waals surface area contributed by atoms with Crippen LogP contribution in [0.5, 0.6) is 5.75 Å². The van der Waals surface area contributed by atoms with E-state index in [1.54, 1.807) is 13.8 Å². The molecule has 0 saturated heterocycles. The topological polar surface area (TPSA) is 65.0 Å². The number of carbonyl (C=O) groups is 1. The van der Waals surface area contributed by atoms with Gasteiger partial charge in [0.05, 0.1) is 12.7 Å². The van der Waals surface area contributed by atoms with Gasteiger partial charge in [-0.1, -0.05) is 22.9 Å². The SMILES string of the molecule is Cc1ccc(OCCCCC(N=O)C(=O)OC(C)C)cc1. The van der Waals surface area contributed by atoms with Crippen molar-refractivity contribution in [2.75, 3.05) is 6.61 Å². The minimum Gasteiger partial charge on any atom is -0.494 e. The summed E-state index contributed by atoms with van der Waals surface area (Å²) in [5, 5.41) is 2.84. The molecule has 1 rings (SSSR count). The van der Waals surface area contributed by atoms with Gasteiger partial charge in [-0.25, -0.2) is 4.79 Å². The van der Waals surface area contributed by atoms with E-state index in [9.17, 15) is 9.70 Å². The van der Waals surface area contributed by atoms with Gasteiger partial charge in [0.2, 0.25) is 0 Å². The number of esters is 1. The van der Waals surface area contributed by atoms with Gasteiger partial charge >= 0.3 is 5.97 Å². The lowest BCUT2D eigenvalue weighted by atomic mass is 10.1. The number of aryl methyl sites for hydroxylation is 1. The standard InChI is InChI=1S/C16H23NO4/c1-12(2)21-16(18)15(17-19)6-4-5-11-20-14-9-7-13(3)8-10-14/h7-10,12,15H,4-6,11H2,1-3H3. The van der Waals surface area contributed by atoms with Crippen molar-refractivity contribution in [3.05, 3.63) is 34.7 Å². The second kappa shape index (κ2) is 9.10. The van der Waals surface area contributed by atoms with Crippen molar-refractivity contribution < 1.29 is 14.3 Å². The zero-order chi connectivity index (χ0) is 15.7. The molecular formula is C16H23NO4. The Morgan fingerprint density at radius 2 is 1.86 bits per heavy atom. The minimum absolute atomic E-state index is 0.230. The first-order valence-electron chi connectivity index (χ1n) is 7.25. The molecule has 0 saturated carbocycles. The summed E-state index contributed by atoms with van der Waals surface area (Å²) in [5.74, 6) is 0.282. The van der Waals surface area contributed by atoms with Crippen molar-refractivity contribution in [2.24, 2.45) is 5.18 Å². The van der Waals surface area contributed by atoms with Crippen LogP contribution in [0.3, 0.4) is 0 Å². The van der Waals surface area contributed by atoms with Crippen molar-refractivity contribution >= 4 is 5.97 Å². The highest BCUT2D eigenvalue weighted by molar-refractivity contribution is 5.76. The van der Waals surface area contributed by atoms with Crippen LogP contribution in [-0.2, 0) is 9.53 Å². The molecular weight excluding hydrogens is 270 g/mol. The Morgan fingerprint density at radius 3 is 2.43 bits per heavy atom. The molecule has 0 aromatic heterocycles. The third-order valence-corrected chi connectivity index (χ3v) is 2.91. The van der Waals surface area contributed by atoms with Gasteiger partial charge in [-0.2, -0.15) is 0 Å². The Hall–Kier alpha value is -1.91. The fraction of sp³-hybridized carbons (Fsp3) is 0.562. The van der Waals surface area contributed by atoms with Crippen LogP contribution >= 0.6 is 0 Å². The lowest BCUT2D eigenvalue weighted by Gasteiger charge is -2.12. The van der Waals surface area contributed by atoms with E-state index in [1.165, 1.54) is 5.56 Å². The molecule has 1 atom stereocenters. The van der Waals surface area contributed by atoms with Crippen molar-refractivity contribution in [1.82, 2.24) is 0 Å². The number of unbranched alkanes of at least 4 members (excludes halogenated alkanes) is 1. The second-order valence-corrected chi connectivity index (χ2v) is 5.26. The first-order chi connectivity index (χ1) is 10.0. The zero-order valence-corrected chi connectivity index (χ0v) is 12.9. The van der Waals surface area contributed by atoms with E-state index in [4.69, 9.17) is 9.47 Å². The summed E-state index contributed by atoms with van der Waals surface area (Å²) in [6, 6.07) is 6.91. The van der Waals surface area contributed by atoms with Gasteiger partial charge < -0.3 is 9.47 Å². The van der Waals surface area contributed by atoms with Crippen LogP contribution in [0.2, 0.25) is 0 Å². The summed E-state index contributed by atoms with van der Waals surface area (Å²) in [6.45, 7) is 6.06. The van der Waals surface area contributed by atoms with Crippen molar-refractivity contribution in [1.29, 1.82) is 0 Å². The number of carbonyl (C=O) groups excluding carboxylic acids is 1. The molecule has 0 bridgehead atoms. The molecule has 0 radical (unpaired) electrons. The van der Waals surface area contributed by atoms with E-state index in [1.807, 2.05) is 31.2 Å². The predicted molar refractivity (Wildman–Crippen MR) is 81.3 cm³/mol. The van der Waals surface area contributed by atoms with Gasteiger partial charge in [-0.15, -0.1) is 4.91 Å². The molecule has 1 unspecified atom stereocenters. The molecule has 0 spiro atoms. The number of hydrogen-bond acceptors (Lipinski definition) is 5. The maximum atomic E-state index is 11.6. The van der Waals surface area contributed by atoms with Crippen LogP contribution in [0, 0.1) is 11.8 Å². The van der Waals surface area contributed by atoms with E-state index in [0.717, 1.165) is 12.2 Å². The van der Waals surface area contributed by atoms with Crippen LogP contribution in [0.25, 0.3) is 0 Å². The fourth-order valence-corrected chi connectivity index (χ4v) is 1.79. The Morgan fingerprint density at radius 1 is 1.19 bits per heavy atom. The summed E-state index contributed by atoms with van der Waals surface area (Å²) >= 11 is 0. The number of ether oxygens (including phenoxy) is 2. The van der Waals surface area contributed by atoms with Gasteiger partial charge in [-0.3, -0.25) is 0 Å². The first-order valence-corrected chi connectivity index (χ1v) is 7.25. The number of nitroso groups, excluding NO2 is 1. The largest absolute Gasteiger partial charge is 0.494 e. The predicted octanol–water partition coefficient (Wildman–Crippen LogP) is 3.63. The summed E-state index contributed by atoms with van der Waals surface area (Å²) in [4.78, 5) is 22.2. The van der Waals surface area contributed by atoms with Crippen LogP contribution in [0.1, 0.15) is 38.7 Å². The summed E-state index contributed by atoms with van der Waals surface area (Å²) in [6.07, 6.45) is 1.61. The highest BCUT2D eigenvalue weighted by Gasteiger charge is 2.21. The van der Waals surface area contributed by atoms with Gasteiger partial charge in [-0.05, 0) is 52.2 Å². The number of nitrogens with zero attached hydrogens (tertiary/aromatic N) is 1. The molecule has 21 heavy (non-hydrogen) atoms. The highest BCUT2D eigenvalue weighted by atomic mass is 16.5. The lowest BCUT2D eigenvalue weighted by Crippen LogP contribution is -2.24. The third kappa shape index (κ3) is 6.88. The highest BCUT2D eigenvalue weighted by Crippen LogP contribution is 2.13. The van der Waals surface area contributed by atoms with E-state index in [2.05, 4.69) is 5.18 Å². The number of hydrogen-bond donors (Lipinski definition) is 0. The Kier molecular flexibility index (Phi) is 7.43. The summed E-state index contributed by atoms with van der Waals surface area (Å²) in [5.41, 5.74) is 1.19. The molecule has 116 valence electrons. The van der Waals surface area contributed by atoms with E-state index >= 15 is 0 Å².